The van der Waals surface area contributed by atoms with Gasteiger partial charge in [0, 0.05) is 0 Å². The SMILES string of the molecule is CCOc1ccccc1NC(=O)COC(=O)Cc1ccccc1F. The van der Waals surface area contributed by atoms with Gasteiger partial charge in [-0.15, -0.1) is 0 Å². The number of carbonyl (C=O) groups excluding carboxylic acids is 2. The predicted octanol–water partition coefficient (Wildman–Crippen LogP) is 2.95. The van der Waals surface area contributed by atoms with E-state index in [4.69, 9.17) is 9.47 Å². The highest BCUT2D eigenvalue weighted by atomic mass is 19.1. The molecule has 24 heavy (non-hydrogen) atoms. The molecule has 126 valence electrons. The van der Waals surface area contributed by atoms with Gasteiger partial charge in [-0.2, -0.15) is 0 Å². The van der Waals surface area contributed by atoms with Crippen molar-refractivity contribution < 1.29 is 23.5 Å². The molecule has 0 bridgehead atoms. The number of esters is 1. The van der Waals surface area contributed by atoms with E-state index in [-0.39, 0.29) is 12.0 Å². The lowest BCUT2D eigenvalue weighted by Gasteiger charge is -2.11. The summed E-state index contributed by atoms with van der Waals surface area (Å²) in [6.07, 6.45) is -0.227. The Morgan fingerprint density at radius 3 is 2.54 bits per heavy atom. The second-order valence-electron chi connectivity index (χ2n) is 4.91. The Morgan fingerprint density at radius 1 is 1.08 bits per heavy atom. The lowest BCUT2D eigenvalue weighted by molar-refractivity contribution is -0.146. The number of hydrogen-bond acceptors (Lipinski definition) is 4. The molecule has 0 aliphatic heterocycles. The van der Waals surface area contributed by atoms with Crippen molar-refractivity contribution in [1.82, 2.24) is 0 Å². The molecule has 0 saturated heterocycles. The zero-order valence-electron chi connectivity index (χ0n) is 13.3. The summed E-state index contributed by atoms with van der Waals surface area (Å²) in [4.78, 5) is 23.6. The van der Waals surface area contributed by atoms with Crippen LogP contribution in [0.5, 0.6) is 5.75 Å². The van der Waals surface area contributed by atoms with Crippen LogP contribution in [0.15, 0.2) is 48.5 Å². The molecule has 5 nitrogen and oxygen atoms in total. The number of halogens is 1. The number of carbonyl (C=O) groups is 2. The van der Waals surface area contributed by atoms with Gasteiger partial charge in [0.05, 0.1) is 18.7 Å². The third-order valence-corrected chi connectivity index (χ3v) is 3.12. The van der Waals surface area contributed by atoms with Crippen molar-refractivity contribution in [1.29, 1.82) is 0 Å². The first kappa shape index (κ1) is 17.5. The first-order valence-corrected chi connectivity index (χ1v) is 7.51. The minimum absolute atomic E-state index is 0.226. The van der Waals surface area contributed by atoms with Crippen LogP contribution in [0.3, 0.4) is 0 Å². The number of benzene rings is 2. The Kier molecular flexibility index (Phi) is 6.31. The zero-order valence-corrected chi connectivity index (χ0v) is 13.3. The molecular weight excluding hydrogens is 313 g/mol. The highest BCUT2D eigenvalue weighted by molar-refractivity contribution is 5.94. The van der Waals surface area contributed by atoms with Gasteiger partial charge in [-0.25, -0.2) is 4.39 Å². The summed E-state index contributed by atoms with van der Waals surface area (Å²) < 4.78 is 23.7. The van der Waals surface area contributed by atoms with Gasteiger partial charge < -0.3 is 14.8 Å². The summed E-state index contributed by atoms with van der Waals surface area (Å²) in [6.45, 7) is 1.85. The van der Waals surface area contributed by atoms with Gasteiger partial charge in [0.25, 0.3) is 5.91 Å². The molecule has 2 aromatic rings. The fourth-order valence-electron chi connectivity index (χ4n) is 2.03. The van der Waals surface area contributed by atoms with Gasteiger partial charge in [0.2, 0.25) is 0 Å². The average molecular weight is 331 g/mol. The molecule has 0 saturated carbocycles. The van der Waals surface area contributed by atoms with Crippen LogP contribution >= 0.6 is 0 Å². The Balaban J connectivity index is 1.85. The molecule has 0 spiro atoms. The second-order valence-corrected chi connectivity index (χ2v) is 4.91. The van der Waals surface area contributed by atoms with Gasteiger partial charge in [-0.1, -0.05) is 30.3 Å². The minimum Gasteiger partial charge on any atom is -0.492 e. The lowest BCUT2D eigenvalue weighted by atomic mass is 10.1. The van der Waals surface area contributed by atoms with Crippen molar-refractivity contribution in [3.05, 3.63) is 59.9 Å². The highest BCUT2D eigenvalue weighted by Crippen LogP contribution is 2.23. The standard InChI is InChI=1S/C18H18FNO4/c1-2-23-16-10-6-5-9-15(16)20-17(21)12-24-18(22)11-13-7-3-4-8-14(13)19/h3-10H,2,11-12H2,1H3,(H,20,21). The summed E-state index contributed by atoms with van der Waals surface area (Å²) in [7, 11) is 0. The maximum Gasteiger partial charge on any atom is 0.310 e. The molecule has 2 aromatic carbocycles. The van der Waals surface area contributed by atoms with E-state index >= 15 is 0 Å². The number of rotatable bonds is 7. The molecule has 0 atom stereocenters. The van der Waals surface area contributed by atoms with Crippen LogP contribution in [0.2, 0.25) is 0 Å². The molecular formula is C18H18FNO4. The number of nitrogens with one attached hydrogen (secondary N) is 1. The summed E-state index contributed by atoms with van der Waals surface area (Å²) >= 11 is 0. The van der Waals surface area contributed by atoms with Crippen LogP contribution < -0.4 is 10.1 Å². The Bertz CT molecular complexity index is 718. The molecule has 2 rings (SSSR count). The van der Waals surface area contributed by atoms with E-state index in [1.54, 1.807) is 30.3 Å². The maximum absolute atomic E-state index is 13.5. The quantitative estimate of drug-likeness (QED) is 0.792. The van der Waals surface area contributed by atoms with Crippen LogP contribution in [-0.4, -0.2) is 25.1 Å². The predicted molar refractivity (Wildman–Crippen MR) is 87.3 cm³/mol. The smallest absolute Gasteiger partial charge is 0.310 e. The van der Waals surface area contributed by atoms with E-state index in [0.29, 0.717) is 18.0 Å². The normalized spacial score (nSPS) is 10.1. The monoisotopic (exact) mass is 331 g/mol. The number of ether oxygens (including phenoxy) is 2. The van der Waals surface area contributed by atoms with Gasteiger partial charge in [-0.3, -0.25) is 9.59 Å². The molecule has 0 unspecified atom stereocenters. The summed E-state index contributed by atoms with van der Waals surface area (Å²) in [5.41, 5.74) is 0.721. The van der Waals surface area contributed by atoms with E-state index in [2.05, 4.69) is 5.32 Å². The molecule has 1 amide bonds. The first-order chi connectivity index (χ1) is 11.6. The molecule has 0 radical (unpaired) electrons. The van der Waals surface area contributed by atoms with Crippen molar-refractivity contribution in [2.75, 3.05) is 18.5 Å². The van der Waals surface area contributed by atoms with Crippen LogP contribution in [-0.2, 0) is 20.7 Å². The molecule has 1 N–H and O–H groups in total. The Morgan fingerprint density at radius 2 is 1.79 bits per heavy atom. The van der Waals surface area contributed by atoms with Crippen LogP contribution in [0.25, 0.3) is 0 Å². The van der Waals surface area contributed by atoms with E-state index in [0.717, 1.165) is 0 Å². The maximum atomic E-state index is 13.5. The number of hydrogen-bond donors (Lipinski definition) is 1. The third kappa shape index (κ3) is 5.08. The van der Waals surface area contributed by atoms with Crippen molar-refractivity contribution in [2.24, 2.45) is 0 Å². The van der Waals surface area contributed by atoms with Crippen molar-refractivity contribution >= 4 is 17.6 Å². The van der Waals surface area contributed by atoms with Gasteiger partial charge in [-0.05, 0) is 30.7 Å². The number of amides is 1. The van der Waals surface area contributed by atoms with E-state index in [9.17, 15) is 14.0 Å². The van der Waals surface area contributed by atoms with Crippen LogP contribution in [0, 0.1) is 5.82 Å². The van der Waals surface area contributed by atoms with Crippen molar-refractivity contribution in [3.8, 4) is 5.75 Å². The van der Waals surface area contributed by atoms with Crippen molar-refractivity contribution in [2.45, 2.75) is 13.3 Å². The third-order valence-electron chi connectivity index (χ3n) is 3.12. The summed E-state index contributed by atoms with van der Waals surface area (Å²) in [6, 6.07) is 12.9. The molecule has 0 heterocycles. The lowest BCUT2D eigenvalue weighted by Crippen LogP contribution is -2.22. The fraction of sp³-hybridized carbons (Fsp3) is 0.222. The first-order valence-electron chi connectivity index (χ1n) is 7.51. The second kappa shape index (κ2) is 8.67. The molecule has 0 fully saturated rings. The zero-order chi connectivity index (χ0) is 17.4. The fourth-order valence-corrected chi connectivity index (χ4v) is 2.03. The summed E-state index contributed by atoms with van der Waals surface area (Å²) in [5, 5.41) is 2.61. The molecule has 6 heteroatoms. The van der Waals surface area contributed by atoms with Gasteiger partial charge >= 0.3 is 5.97 Å². The van der Waals surface area contributed by atoms with Crippen LogP contribution in [0.1, 0.15) is 12.5 Å². The molecule has 0 aliphatic carbocycles. The van der Waals surface area contributed by atoms with Crippen LogP contribution in [0.4, 0.5) is 10.1 Å². The largest absolute Gasteiger partial charge is 0.492 e. The number of para-hydroxylation sites is 2. The molecule has 0 aromatic heterocycles. The van der Waals surface area contributed by atoms with Gasteiger partial charge in [0.15, 0.2) is 6.61 Å². The molecule has 0 aliphatic rings. The van der Waals surface area contributed by atoms with E-state index in [1.807, 2.05) is 6.92 Å². The van der Waals surface area contributed by atoms with Crippen molar-refractivity contribution in [3.63, 3.8) is 0 Å². The average Bonchev–Trinajstić information content (AvgIpc) is 2.57. The van der Waals surface area contributed by atoms with E-state index < -0.39 is 24.3 Å². The Hall–Kier alpha value is -2.89. The highest BCUT2D eigenvalue weighted by Gasteiger charge is 2.12. The topological polar surface area (TPSA) is 64.6 Å². The minimum atomic E-state index is -0.673. The Labute approximate surface area is 139 Å². The summed E-state index contributed by atoms with van der Waals surface area (Å²) in [5.74, 6) is -1.12. The van der Waals surface area contributed by atoms with E-state index in [1.165, 1.54) is 18.2 Å². The number of anilines is 1. The van der Waals surface area contributed by atoms with Gasteiger partial charge in [0.1, 0.15) is 11.6 Å².